The first kappa shape index (κ1) is 18.0. The monoisotopic (exact) mass is 377 g/mol. The summed E-state index contributed by atoms with van der Waals surface area (Å²) in [6.45, 7) is 2.51. The number of amides is 1. The van der Waals surface area contributed by atoms with Gasteiger partial charge in [-0.15, -0.1) is 0 Å². The summed E-state index contributed by atoms with van der Waals surface area (Å²) in [5, 5.41) is 7.28. The van der Waals surface area contributed by atoms with E-state index in [4.69, 9.17) is 4.74 Å². The molecule has 7 heteroatoms. The molecule has 4 rings (SSSR count). The molecule has 0 atom stereocenters. The summed E-state index contributed by atoms with van der Waals surface area (Å²) >= 11 is 0. The number of carbonyl (C=O) groups is 1. The van der Waals surface area contributed by atoms with Crippen molar-refractivity contribution < 1.29 is 9.53 Å². The molecule has 1 N–H and O–H groups in total. The molecule has 0 radical (unpaired) electrons. The van der Waals surface area contributed by atoms with E-state index in [1.54, 1.807) is 10.9 Å². The number of anilines is 1. The van der Waals surface area contributed by atoms with E-state index in [1.807, 2.05) is 48.7 Å². The minimum Gasteiger partial charge on any atom is -0.493 e. The molecule has 1 aliphatic heterocycles. The standard InChI is InChI=1S/C21H23N5O2/c1-28-18-15-26(17-7-3-2-4-8-17)24-20(18)21(27)23-14-16-9-10-19(22-13-16)25-11-5-6-12-25/h2-4,7-10,13,15H,5-6,11-12,14H2,1H3,(H,23,27). The van der Waals surface area contributed by atoms with Crippen LogP contribution >= 0.6 is 0 Å². The van der Waals surface area contributed by atoms with Crippen LogP contribution in [0, 0.1) is 0 Å². The Morgan fingerprint density at radius 3 is 2.61 bits per heavy atom. The predicted molar refractivity (Wildman–Crippen MR) is 107 cm³/mol. The van der Waals surface area contributed by atoms with Crippen LogP contribution in [0.2, 0.25) is 0 Å². The lowest BCUT2D eigenvalue weighted by molar-refractivity contribution is 0.0942. The minimum absolute atomic E-state index is 0.257. The van der Waals surface area contributed by atoms with E-state index in [0.29, 0.717) is 12.3 Å². The van der Waals surface area contributed by atoms with Crippen LogP contribution in [0.15, 0.2) is 54.9 Å². The van der Waals surface area contributed by atoms with Gasteiger partial charge in [0.25, 0.3) is 5.91 Å². The topological polar surface area (TPSA) is 72.3 Å². The summed E-state index contributed by atoms with van der Waals surface area (Å²) in [5.74, 6) is 1.15. The Morgan fingerprint density at radius 2 is 1.93 bits per heavy atom. The molecule has 7 nitrogen and oxygen atoms in total. The van der Waals surface area contributed by atoms with Crippen molar-refractivity contribution in [3.8, 4) is 11.4 Å². The lowest BCUT2D eigenvalue weighted by atomic mass is 10.2. The van der Waals surface area contributed by atoms with E-state index in [-0.39, 0.29) is 11.6 Å². The van der Waals surface area contributed by atoms with Crippen molar-refractivity contribution in [3.63, 3.8) is 0 Å². The number of nitrogens with one attached hydrogen (secondary N) is 1. The molecule has 0 bridgehead atoms. The summed E-state index contributed by atoms with van der Waals surface area (Å²) in [6.07, 6.45) is 5.96. The van der Waals surface area contributed by atoms with Gasteiger partial charge in [-0.3, -0.25) is 4.79 Å². The summed E-state index contributed by atoms with van der Waals surface area (Å²) in [5.41, 5.74) is 2.06. The highest BCUT2D eigenvalue weighted by molar-refractivity contribution is 5.94. The van der Waals surface area contributed by atoms with E-state index in [0.717, 1.165) is 30.2 Å². The van der Waals surface area contributed by atoms with E-state index >= 15 is 0 Å². The zero-order valence-electron chi connectivity index (χ0n) is 15.8. The molecular formula is C21H23N5O2. The molecule has 2 aromatic heterocycles. The maximum atomic E-state index is 12.6. The van der Waals surface area contributed by atoms with Crippen molar-refractivity contribution in [2.45, 2.75) is 19.4 Å². The number of benzene rings is 1. The van der Waals surface area contributed by atoms with Crippen molar-refractivity contribution in [3.05, 3.63) is 66.1 Å². The Kier molecular flexibility index (Phi) is 5.23. The normalized spacial score (nSPS) is 13.5. The number of aromatic nitrogens is 3. The van der Waals surface area contributed by atoms with E-state index < -0.39 is 0 Å². The maximum absolute atomic E-state index is 12.6. The third-order valence-corrected chi connectivity index (χ3v) is 4.83. The fraction of sp³-hybridized carbons (Fsp3) is 0.286. The Hall–Kier alpha value is -3.35. The summed E-state index contributed by atoms with van der Waals surface area (Å²) in [6, 6.07) is 13.6. The number of para-hydroxylation sites is 1. The Bertz CT molecular complexity index is 931. The Morgan fingerprint density at radius 1 is 1.14 bits per heavy atom. The second-order valence-corrected chi connectivity index (χ2v) is 6.73. The first-order valence-corrected chi connectivity index (χ1v) is 9.42. The van der Waals surface area contributed by atoms with Crippen LogP contribution in [0.5, 0.6) is 5.75 Å². The fourth-order valence-corrected chi connectivity index (χ4v) is 3.30. The van der Waals surface area contributed by atoms with Gasteiger partial charge in [0.2, 0.25) is 0 Å². The van der Waals surface area contributed by atoms with Crippen LogP contribution in [-0.4, -0.2) is 40.9 Å². The lowest BCUT2D eigenvalue weighted by Gasteiger charge is -2.16. The second kappa shape index (κ2) is 8.12. The average Bonchev–Trinajstić information content (AvgIpc) is 3.43. The van der Waals surface area contributed by atoms with Gasteiger partial charge in [-0.1, -0.05) is 24.3 Å². The molecule has 1 amide bonds. The van der Waals surface area contributed by atoms with Gasteiger partial charge in [0, 0.05) is 25.8 Å². The predicted octanol–water partition coefficient (Wildman–Crippen LogP) is 2.81. The van der Waals surface area contributed by atoms with Crippen molar-refractivity contribution in [1.82, 2.24) is 20.1 Å². The number of rotatable bonds is 6. The van der Waals surface area contributed by atoms with Crippen LogP contribution in [-0.2, 0) is 6.54 Å². The van der Waals surface area contributed by atoms with Crippen LogP contribution in [0.3, 0.4) is 0 Å². The van der Waals surface area contributed by atoms with Gasteiger partial charge >= 0.3 is 0 Å². The summed E-state index contributed by atoms with van der Waals surface area (Å²) in [4.78, 5) is 19.4. The molecule has 28 heavy (non-hydrogen) atoms. The van der Waals surface area contributed by atoms with Crippen molar-refractivity contribution in [2.24, 2.45) is 0 Å². The van der Waals surface area contributed by atoms with Crippen LogP contribution in [0.1, 0.15) is 28.9 Å². The molecule has 0 saturated carbocycles. The third kappa shape index (κ3) is 3.83. The van der Waals surface area contributed by atoms with Gasteiger partial charge in [-0.05, 0) is 36.6 Å². The molecule has 0 unspecified atom stereocenters. The largest absolute Gasteiger partial charge is 0.493 e. The lowest BCUT2D eigenvalue weighted by Crippen LogP contribution is -2.24. The molecule has 0 aliphatic carbocycles. The number of ether oxygens (including phenoxy) is 1. The first-order chi connectivity index (χ1) is 13.7. The maximum Gasteiger partial charge on any atom is 0.275 e. The molecule has 144 valence electrons. The number of carbonyl (C=O) groups excluding carboxylic acids is 1. The first-order valence-electron chi connectivity index (χ1n) is 9.42. The number of methoxy groups -OCH3 is 1. The summed E-state index contributed by atoms with van der Waals surface area (Å²) in [7, 11) is 1.53. The van der Waals surface area contributed by atoms with Crippen LogP contribution in [0.25, 0.3) is 5.69 Å². The Balaban J connectivity index is 1.43. The Labute approximate surface area is 164 Å². The van der Waals surface area contributed by atoms with E-state index in [9.17, 15) is 4.79 Å². The quantitative estimate of drug-likeness (QED) is 0.715. The number of nitrogens with zero attached hydrogens (tertiary/aromatic N) is 4. The van der Waals surface area contributed by atoms with Crippen LogP contribution in [0.4, 0.5) is 5.82 Å². The zero-order valence-corrected chi connectivity index (χ0v) is 15.8. The van der Waals surface area contributed by atoms with Crippen molar-refractivity contribution in [2.75, 3.05) is 25.1 Å². The van der Waals surface area contributed by atoms with E-state index in [1.165, 1.54) is 20.0 Å². The SMILES string of the molecule is COc1cn(-c2ccccc2)nc1C(=O)NCc1ccc(N2CCCC2)nc1. The smallest absolute Gasteiger partial charge is 0.275 e. The van der Waals surface area contributed by atoms with Gasteiger partial charge in [0.1, 0.15) is 5.82 Å². The van der Waals surface area contributed by atoms with Gasteiger partial charge in [-0.25, -0.2) is 9.67 Å². The fourth-order valence-electron chi connectivity index (χ4n) is 3.30. The highest BCUT2D eigenvalue weighted by Gasteiger charge is 2.18. The average molecular weight is 377 g/mol. The molecular weight excluding hydrogens is 354 g/mol. The molecule has 1 aliphatic rings. The third-order valence-electron chi connectivity index (χ3n) is 4.83. The molecule has 3 heterocycles. The molecule has 1 fully saturated rings. The number of pyridine rings is 1. The number of hydrogen-bond acceptors (Lipinski definition) is 5. The molecule has 3 aromatic rings. The molecule has 1 aromatic carbocycles. The minimum atomic E-state index is -0.282. The van der Waals surface area contributed by atoms with Gasteiger partial charge in [-0.2, -0.15) is 5.10 Å². The van der Waals surface area contributed by atoms with E-state index in [2.05, 4.69) is 20.3 Å². The highest BCUT2D eigenvalue weighted by atomic mass is 16.5. The highest BCUT2D eigenvalue weighted by Crippen LogP contribution is 2.20. The van der Waals surface area contributed by atoms with Crippen molar-refractivity contribution >= 4 is 11.7 Å². The van der Waals surface area contributed by atoms with Gasteiger partial charge < -0.3 is 15.0 Å². The summed E-state index contributed by atoms with van der Waals surface area (Å²) < 4.78 is 6.97. The molecule has 1 saturated heterocycles. The van der Waals surface area contributed by atoms with Gasteiger partial charge in [0.05, 0.1) is 19.0 Å². The van der Waals surface area contributed by atoms with Gasteiger partial charge in [0.15, 0.2) is 11.4 Å². The number of hydrogen-bond donors (Lipinski definition) is 1. The zero-order chi connectivity index (χ0) is 19.3. The van der Waals surface area contributed by atoms with Crippen molar-refractivity contribution in [1.29, 1.82) is 0 Å². The second-order valence-electron chi connectivity index (χ2n) is 6.73. The van der Waals surface area contributed by atoms with Crippen LogP contribution < -0.4 is 15.0 Å². The molecule has 0 spiro atoms.